The summed E-state index contributed by atoms with van der Waals surface area (Å²) in [4.78, 5) is 2.42. The quantitative estimate of drug-likeness (QED) is 0.756. The zero-order valence-electron chi connectivity index (χ0n) is 9.82. The molecular weight excluding hydrogens is 196 g/mol. The predicted octanol–water partition coefficient (Wildman–Crippen LogP) is 3.13. The van der Waals surface area contributed by atoms with Crippen molar-refractivity contribution in [1.29, 1.82) is 5.26 Å². The number of nitrogens with zero attached hydrogens (tertiary/aromatic N) is 2. The maximum absolute atomic E-state index is 8.75. The summed E-state index contributed by atoms with van der Waals surface area (Å²) in [5.74, 6) is 0.555. The van der Waals surface area contributed by atoms with Crippen molar-refractivity contribution < 1.29 is 0 Å². The lowest BCUT2D eigenvalue weighted by Crippen LogP contribution is -2.35. The van der Waals surface area contributed by atoms with Crippen LogP contribution in [-0.4, -0.2) is 13.1 Å². The molecular formula is C14H18N2. The van der Waals surface area contributed by atoms with Gasteiger partial charge in [0.1, 0.15) is 0 Å². The summed E-state index contributed by atoms with van der Waals surface area (Å²) in [5, 5.41) is 8.75. The number of rotatable bonds is 2. The standard InChI is InChI=1S/C14H18N2/c1-12-4-2-6-14(10-12)16-9-3-5-13(11-16)7-8-15/h2,4,6,10,13H,3,5,7,9,11H2,1H3. The third kappa shape index (κ3) is 2.55. The first-order chi connectivity index (χ1) is 7.79. The van der Waals surface area contributed by atoms with Crippen LogP contribution in [0.5, 0.6) is 0 Å². The van der Waals surface area contributed by atoms with E-state index in [0.29, 0.717) is 12.3 Å². The summed E-state index contributed by atoms with van der Waals surface area (Å²) in [7, 11) is 0. The minimum Gasteiger partial charge on any atom is -0.371 e. The number of benzene rings is 1. The van der Waals surface area contributed by atoms with E-state index in [-0.39, 0.29) is 0 Å². The molecule has 0 saturated carbocycles. The number of hydrogen-bond donors (Lipinski definition) is 0. The van der Waals surface area contributed by atoms with Gasteiger partial charge in [0, 0.05) is 25.2 Å². The molecule has 84 valence electrons. The molecule has 1 aliphatic heterocycles. The average molecular weight is 214 g/mol. The number of hydrogen-bond acceptors (Lipinski definition) is 2. The van der Waals surface area contributed by atoms with Gasteiger partial charge in [-0.3, -0.25) is 0 Å². The van der Waals surface area contributed by atoms with E-state index in [1.165, 1.54) is 24.1 Å². The van der Waals surface area contributed by atoms with E-state index in [1.807, 2.05) is 0 Å². The minimum absolute atomic E-state index is 0.555. The SMILES string of the molecule is Cc1cccc(N2CCCC(CC#N)C2)c1. The van der Waals surface area contributed by atoms with Crippen molar-refractivity contribution in [2.45, 2.75) is 26.2 Å². The summed E-state index contributed by atoms with van der Waals surface area (Å²) in [5.41, 5.74) is 2.61. The Hall–Kier alpha value is -1.49. The van der Waals surface area contributed by atoms with Crippen molar-refractivity contribution in [2.24, 2.45) is 5.92 Å². The van der Waals surface area contributed by atoms with E-state index in [0.717, 1.165) is 13.1 Å². The molecule has 0 aliphatic carbocycles. The Balaban J connectivity index is 2.07. The molecule has 1 atom stereocenters. The van der Waals surface area contributed by atoms with Crippen molar-refractivity contribution in [3.8, 4) is 6.07 Å². The van der Waals surface area contributed by atoms with Gasteiger partial charge in [-0.2, -0.15) is 5.26 Å². The molecule has 2 heteroatoms. The van der Waals surface area contributed by atoms with E-state index < -0.39 is 0 Å². The van der Waals surface area contributed by atoms with Crippen molar-refractivity contribution in [2.75, 3.05) is 18.0 Å². The van der Waals surface area contributed by atoms with Gasteiger partial charge < -0.3 is 4.90 Å². The van der Waals surface area contributed by atoms with Gasteiger partial charge in [-0.05, 0) is 43.4 Å². The molecule has 1 aliphatic rings. The highest BCUT2D eigenvalue weighted by atomic mass is 15.1. The second-order valence-corrected chi connectivity index (χ2v) is 4.66. The summed E-state index contributed by atoms with van der Waals surface area (Å²) < 4.78 is 0. The summed E-state index contributed by atoms with van der Waals surface area (Å²) >= 11 is 0. The van der Waals surface area contributed by atoms with Gasteiger partial charge in [0.25, 0.3) is 0 Å². The predicted molar refractivity (Wildman–Crippen MR) is 66.3 cm³/mol. The summed E-state index contributed by atoms with van der Waals surface area (Å²) in [6, 6.07) is 10.9. The van der Waals surface area contributed by atoms with E-state index in [4.69, 9.17) is 5.26 Å². The molecule has 16 heavy (non-hydrogen) atoms. The molecule has 1 unspecified atom stereocenters. The van der Waals surface area contributed by atoms with Crippen LogP contribution >= 0.6 is 0 Å². The Morgan fingerprint density at radius 3 is 3.12 bits per heavy atom. The normalized spacial score (nSPS) is 20.5. The molecule has 1 fully saturated rings. The van der Waals surface area contributed by atoms with Crippen LogP contribution in [0.25, 0.3) is 0 Å². The van der Waals surface area contributed by atoms with Gasteiger partial charge in [-0.1, -0.05) is 12.1 Å². The Kier molecular flexibility index (Phi) is 3.46. The van der Waals surface area contributed by atoms with E-state index in [2.05, 4.69) is 42.2 Å². The van der Waals surface area contributed by atoms with Crippen LogP contribution < -0.4 is 4.90 Å². The molecule has 1 aromatic rings. The Morgan fingerprint density at radius 2 is 2.38 bits per heavy atom. The molecule has 0 radical (unpaired) electrons. The third-order valence-electron chi connectivity index (χ3n) is 3.27. The van der Waals surface area contributed by atoms with Crippen LogP contribution in [-0.2, 0) is 0 Å². The van der Waals surface area contributed by atoms with Gasteiger partial charge in [0.2, 0.25) is 0 Å². The van der Waals surface area contributed by atoms with Crippen molar-refractivity contribution in [3.05, 3.63) is 29.8 Å². The van der Waals surface area contributed by atoms with Crippen LogP contribution in [0.3, 0.4) is 0 Å². The molecule has 2 rings (SSSR count). The minimum atomic E-state index is 0.555. The number of piperidine rings is 1. The Morgan fingerprint density at radius 1 is 1.50 bits per heavy atom. The molecule has 1 saturated heterocycles. The van der Waals surface area contributed by atoms with Crippen molar-refractivity contribution in [1.82, 2.24) is 0 Å². The van der Waals surface area contributed by atoms with E-state index >= 15 is 0 Å². The molecule has 0 bridgehead atoms. The number of anilines is 1. The Labute approximate surface area is 97.5 Å². The lowest BCUT2D eigenvalue weighted by atomic mass is 9.95. The first-order valence-electron chi connectivity index (χ1n) is 5.98. The zero-order valence-corrected chi connectivity index (χ0v) is 9.82. The third-order valence-corrected chi connectivity index (χ3v) is 3.27. The maximum Gasteiger partial charge on any atom is 0.0625 e. The topological polar surface area (TPSA) is 27.0 Å². The van der Waals surface area contributed by atoms with Crippen LogP contribution in [0, 0.1) is 24.2 Å². The fourth-order valence-corrected chi connectivity index (χ4v) is 2.42. The molecule has 1 heterocycles. The van der Waals surface area contributed by atoms with Crippen LogP contribution in [0.2, 0.25) is 0 Å². The van der Waals surface area contributed by atoms with Gasteiger partial charge in [0.15, 0.2) is 0 Å². The molecule has 2 nitrogen and oxygen atoms in total. The second kappa shape index (κ2) is 5.03. The van der Waals surface area contributed by atoms with Crippen molar-refractivity contribution >= 4 is 5.69 Å². The highest BCUT2D eigenvalue weighted by molar-refractivity contribution is 5.48. The fraction of sp³-hybridized carbons (Fsp3) is 0.500. The summed E-state index contributed by atoms with van der Waals surface area (Å²) in [6.07, 6.45) is 3.11. The lowest BCUT2D eigenvalue weighted by Gasteiger charge is -2.33. The van der Waals surface area contributed by atoms with Gasteiger partial charge in [-0.25, -0.2) is 0 Å². The molecule has 1 aromatic carbocycles. The first kappa shape index (κ1) is 11.0. The fourth-order valence-electron chi connectivity index (χ4n) is 2.42. The average Bonchev–Trinajstić information content (AvgIpc) is 2.30. The molecule has 0 spiro atoms. The van der Waals surface area contributed by atoms with Crippen LogP contribution in [0.1, 0.15) is 24.8 Å². The van der Waals surface area contributed by atoms with Crippen LogP contribution in [0.15, 0.2) is 24.3 Å². The highest BCUT2D eigenvalue weighted by Crippen LogP contribution is 2.25. The maximum atomic E-state index is 8.75. The smallest absolute Gasteiger partial charge is 0.0625 e. The summed E-state index contributed by atoms with van der Waals surface area (Å²) in [6.45, 7) is 4.29. The van der Waals surface area contributed by atoms with Gasteiger partial charge >= 0.3 is 0 Å². The van der Waals surface area contributed by atoms with Crippen LogP contribution in [0.4, 0.5) is 5.69 Å². The van der Waals surface area contributed by atoms with E-state index in [1.54, 1.807) is 0 Å². The second-order valence-electron chi connectivity index (χ2n) is 4.66. The molecule has 0 N–H and O–H groups in total. The van der Waals surface area contributed by atoms with Gasteiger partial charge in [-0.15, -0.1) is 0 Å². The lowest BCUT2D eigenvalue weighted by molar-refractivity contribution is 0.422. The molecule has 0 amide bonds. The number of nitriles is 1. The number of aryl methyl sites for hydroxylation is 1. The molecule has 0 aromatic heterocycles. The highest BCUT2D eigenvalue weighted by Gasteiger charge is 2.19. The zero-order chi connectivity index (χ0) is 11.4. The van der Waals surface area contributed by atoms with E-state index in [9.17, 15) is 0 Å². The largest absolute Gasteiger partial charge is 0.371 e. The van der Waals surface area contributed by atoms with Crippen molar-refractivity contribution in [3.63, 3.8) is 0 Å². The Bertz CT molecular complexity index is 392. The monoisotopic (exact) mass is 214 g/mol. The first-order valence-corrected chi connectivity index (χ1v) is 5.98. The van der Waals surface area contributed by atoms with Gasteiger partial charge in [0.05, 0.1) is 6.07 Å².